The summed E-state index contributed by atoms with van der Waals surface area (Å²) in [4.78, 5) is 2.45. The smallest absolute Gasteiger partial charge is 0.127 e. The Kier molecular flexibility index (Phi) is 8.87. The number of nitrogens with zero attached hydrogens (tertiary/aromatic N) is 1. The van der Waals surface area contributed by atoms with Crippen molar-refractivity contribution in [3.63, 3.8) is 0 Å². The van der Waals surface area contributed by atoms with E-state index in [9.17, 15) is 0 Å². The van der Waals surface area contributed by atoms with Gasteiger partial charge in [0.2, 0.25) is 0 Å². The summed E-state index contributed by atoms with van der Waals surface area (Å²) in [6, 6.07) is 18.4. The number of ether oxygens (including phenoxy) is 1. The monoisotopic (exact) mass is 366 g/mol. The number of benzene rings is 2. The third kappa shape index (κ3) is 5.25. The van der Waals surface area contributed by atoms with Gasteiger partial charge in [0.15, 0.2) is 0 Å². The molecule has 0 spiro atoms. The predicted octanol–water partition coefficient (Wildman–Crippen LogP) is 4.45. The van der Waals surface area contributed by atoms with E-state index in [2.05, 4.69) is 28.9 Å². The highest BCUT2D eigenvalue weighted by atomic mass is 35.5. The number of nitrogens with one attached hydrogen (secondary N) is 1. The van der Waals surface area contributed by atoms with E-state index in [1.807, 2.05) is 48.5 Å². The Balaban J connectivity index is 0.00000144. The van der Waals surface area contributed by atoms with Crippen LogP contribution in [0.3, 0.4) is 0 Å². The summed E-state index contributed by atoms with van der Waals surface area (Å²) >= 11 is 0. The second-order valence-corrected chi connectivity index (χ2v) is 5.45. The molecule has 0 aliphatic carbocycles. The predicted molar refractivity (Wildman–Crippen MR) is 105 cm³/mol. The Labute approximate surface area is 156 Å². The van der Waals surface area contributed by atoms with Gasteiger partial charge in [0, 0.05) is 26.2 Å². The third-order valence-electron chi connectivity index (χ3n) is 3.95. The van der Waals surface area contributed by atoms with Crippen LogP contribution in [0.1, 0.15) is 11.6 Å². The van der Waals surface area contributed by atoms with Crippen LogP contribution in [-0.4, -0.2) is 31.1 Å². The maximum absolute atomic E-state index is 5.94. The van der Waals surface area contributed by atoms with E-state index in [4.69, 9.17) is 4.74 Å². The van der Waals surface area contributed by atoms with Gasteiger partial charge < -0.3 is 10.1 Å². The van der Waals surface area contributed by atoms with Crippen molar-refractivity contribution in [2.45, 2.75) is 6.04 Å². The fourth-order valence-corrected chi connectivity index (χ4v) is 2.84. The molecule has 0 bridgehead atoms. The Morgan fingerprint density at radius 2 is 1.62 bits per heavy atom. The van der Waals surface area contributed by atoms with Crippen LogP contribution in [0.4, 0.5) is 0 Å². The van der Waals surface area contributed by atoms with Gasteiger partial charge in [-0.2, -0.15) is 0 Å². The van der Waals surface area contributed by atoms with Crippen molar-refractivity contribution in [3.05, 3.63) is 72.8 Å². The first-order valence-electron chi connectivity index (χ1n) is 7.77. The summed E-state index contributed by atoms with van der Waals surface area (Å²) in [5, 5.41) is 3.39. The van der Waals surface area contributed by atoms with Crippen molar-refractivity contribution in [3.8, 4) is 11.5 Å². The van der Waals surface area contributed by atoms with Gasteiger partial charge in [0.1, 0.15) is 11.5 Å². The lowest BCUT2D eigenvalue weighted by Gasteiger charge is -2.33. The largest absolute Gasteiger partial charge is 0.457 e. The summed E-state index contributed by atoms with van der Waals surface area (Å²) in [6.07, 6.45) is 2.02. The van der Waals surface area contributed by atoms with E-state index in [-0.39, 0.29) is 30.9 Å². The minimum Gasteiger partial charge on any atom is -0.457 e. The number of halogens is 2. The van der Waals surface area contributed by atoms with Crippen LogP contribution in [0.2, 0.25) is 0 Å². The van der Waals surface area contributed by atoms with Crippen molar-refractivity contribution >= 4 is 24.8 Å². The van der Waals surface area contributed by atoms with Crippen LogP contribution < -0.4 is 10.1 Å². The molecule has 1 fully saturated rings. The van der Waals surface area contributed by atoms with Crippen LogP contribution in [0.25, 0.3) is 0 Å². The van der Waals surface area contributed by atoms with Crippen molar-refractivity contribution < 1.29 is 4.74 Å². The molecule has 1 aliphatic rings. The highest BCUT2D eigenvalue weighted by Gasteiger charge is 2.19. The highest BCUT2D eigenvalue weighted by Crippen LogP contribution is 2.28. The van der Waals surface area contributed by atoms with Gasteiger partial charge in [0.25, 0.3) is 0 Å². The Morgan fingerprint density at radius 1 is 0.958 bits per heavy atom. The fourth-order valence-electron chi connectivity index (χ4n) is 2.84. The third-order valence-corrected chi connectivity index (χ3v) is 3.95. The van der Waals surface area contributed by atoms with Crippen LogP contribution in [0.5, 0.6) is 11.5 Å². The Morgan fingerprint density at radius 3 is 2.29 bits per heavy atom. The van der Waals surface area contributed by atoms with E-state index in [1.165, 1.54) is 5.56 Å². The van der Waals surface area contributed by atoms with E-state index in [1.54, 1.807) is 0 Å². The van der Waals surface area contributed by atoms with Crippen molar-refractivity contribution in [1.82, 2.24) is 10.2 Å². The standard InChI is InChI=1S/C19H22N2O.2ClH/c1-2-19(21-13-11-20-12-14-21)16-7-6-10-18(15-16)22-17-8-4-3-5-9-17;;/h2-10,15,19-20H,1,11-14H2;2*1H/t19-;;/m0../s1. The average Bonchev–Trinajstić information content (AvgIpc) is 2.58. The van der Waals surface area contributed by atoms with Crippen LogP contribution >= 0.6 is 24.8 Å². The molecule has 0 amide bonds. The van der Waals surface area contributed by atoms with Gasteiger partial charge in [-0.25, -0.2) is 0 Å². The zero-order chi connectivity index (χ0) is 15.2. The van der Waals surface area contributed by atoms with Crippen LogP contribution in [0, 0.1) is 0 Å². The molecule has 0 aromatic heterocycles. The van der Waals surface area contributed by atoms with Crippen molar-refractivity contribution in [2.75, 3.05) is 26.2 Å². The van der Waals surface area contributed by atoms with Gasteiger partial charge in [-0.1, -0.05) is 36.4 Å². The highest BCUT2D eigenvalue weighted by molar-refractivity contribution is 5.85. The maximum Gasteiger partial charge on any atom is 0.127 e. The summed E-state index contributed by atoms with van der Waals surface area (Å²) in [7, 11) is 0. The first-order chi connectivity index (χ1) is 10.9. The molecule has 1 atom stereocenters. The topological polar surface area (TPSA) is 24.5 Å². The molecule has 3 nitrogen and oxygen atoms in total. The second kappa shape index (κ2) is 10.4. The summed E-state index contributed by atoms with van der Waals surface area (Å²) in [5.74, 6) is 1.72. The number of hydrogen-bond acceptors (Lipinski definition) is 3. The van der Waals surface area contributed by atoms with Gasteiger partial charge >= 0.3 is 0 Å². The summed E-state index contributed by atoms with van der Waals surface area (Å²) < 4.78 is 5.94. The zero-order valence-corrected chi connectivity index (χ0v) is 15.2. The molecule has 1 aliphatic heterocycles. The molecule has 0 radical (unpaired) electrons. The number of para-hydroxylation sites is 1. The molecule has 2 aromatic carbocycles. The lowest BCUT2D eigenvalue weighted by atomic mass is 10.0. The Bertz CT molecular complexity index is 616. The molecule has 24 heavy (non-hydrogen) atoms. The van der Waals surface area contributed by atoms with Gasteiger partial charge in [-0.15, -0.1) is 31.4 Å². The molecule has 3 rings (SSSR count). The first-order valence-corrected chi connectivity index (χ1v) is 7.77. The lowest BCUT2D eigenvalue weighted by Crippen LogP contribution is -2.44. The fraction of sp³-hybridized carbons (Fsp3) is 0.263. The molecular weight excluding hydrogens is 343 g/mol. The SMILES string of the molecule is C=C[C@@H](c1cccc(Oc2ccccc2)c1)N1CCNCC1.Cl.Cl. The molecule has 1 heterocycles. The molecule has 5 heteroatoms. The van der Waals surface area contributed by atoms with E-state index in [0.29, 0.717) is 0 Å². The first kappa shape index (κ1) is 20.5. The molecule has 0 saturated carbocycles. The summed E-state index contributed by atoms with van der Waals surface area (Å²) in [6.45, 7) is 8.17. The molecular formula is C19H24Cl2N2O. The van der Waals surface area contributed by atoms with Gasteiger partial charge in [-0.3, -0.25) is 4.90 Å². The number of hydrogen-bond donors (Lipinski definition) is 1. The molecule has 1 saturated heterocycles. The van der Waals surface area contributed by atoms with E-state index >= 15 is 0 Å². The number of piperazine rings is 1. The van der Waals surface area contributed by atoms with Gasteiger partial charge in [-0.05, 0) is 29.8 Å². The maximum atomic E-state index is 5.94. The quantitative estimate of drug-likeness (QED) is 0.790. The lowest BCUT2D eigenvalue weighted by molar-refractivity contribution is 0.203. The zero-order valence-electron chi connectivity index (χ0n) is 13.6. The van der Waals surface area contributed by atoms with E-state index in [0.717, 1.165) is 37.7 Å². The van der Waals surface area contributed by atoms with Crippen LogP contribution in [0.15, 0.2) is 67.3 Å². The average molecular weight is 367 g/mol. The minimum atomic E-state index is 0. The Hall–Kier alpha value is -1.52. The molecule has 130 valence electrons. The van der Waals surface area contributed by atoms with E-state index < -0.39 is 0 Å². The normalized spacial score (nSPS) is 15.5. The van der Waals surface area contributed by atoms with Gasteiger partial charge in [0.05, 0.1) is 6.04 Å². The summed E-state index contributed by atoms with van der Waals surface area (Å²) in [5.41, 5.74) is 1.23. The minimum absolute atomic E-state index is 0. The van der Waals surface area contributed by atoms with Crippen molar-refractivity contribution in [1.29, 1.82) is 0 Å². The molecule has 0 unspecified atom stereocenters. The van der Waals surface area contributed by atoms with Crippen LogP contribution in [-0.2, 0) is 0 Å². The molecule has 2 aromatic rings. The second-order valence-electron chi connectivity index (χ2n) is 5.45. The molecule has 1 N–H and O–H groups in total. The number of rotatable bonds is 5. The van der Waals surface area contributed by atoms with Crippen molar-refractivity contribution in [2.24, 2.45) is 0 Å².